The summed E-state index contributed by atoms with van der Waals surface area (Å²) in [7, 11) is -3.72. The van der Waals surface area contributed by atoms with Crippen molar-refractivity contribution in [2.24, 2.45) is 0 Å². The van der Waals surface area contributed by atoms with Gasteiger partial charge in [-0.15, -0.1) is 11.3 Å². The molecule has 0 aliphatic heterocycles. The fourth-order valence-electron chi connectivity index (χ4n) is 3.35. The summed E-state index contributed by atoms with van der Waals surface area (Å²) in [5.41, 5.74) is 2.60. The third kappa shape index (κ3) is 3.61. The van der Waals surface area contributed by atoms with E-state index in [9.17, 15) is 18.3 Å². The van der Waals surface area contributed by atoms with Crippen LogP contribution in [0.4, 0.5) is 5.69 Å². The number of aryl methyl sites for hydroxylation is 1. The van der Waals surface area contributed by atoms with Crippen molar-refractivity contribution in [2.45, 2.75) is 23.1 Å². The van der Waals surface area contributed by atoms with Crippen LogP contribution >= 0.6 is 11.3 Å². The fraction of sp³-hybridized carbons (Fsp3) is 0.150. The van der Waals surface area contributed by atoms with Crippen LogP contribution in [0.1, 0.15) is 33.9 Å². The Balaban J connectivity index is 1.50. The van der Waals surface area contributed by atoms with Crippen molar-refractivity contribution in [3.05, 3.63) is 76.7 Å². The minimum absolute atomic E-state index is 0.0971. The zero-order valence-corrected chi connectivity index (χ0v) is 16.4. The van der Waals surface area contributed by atoms with E-state index in [0.29, 0.717) is 0 Å². The maximum absolute atomic E-state index is 12.6. The van der Waals surface area contributed by atoms with Gasteiger partial charge < -0.3 is 10.4 Å². The molecule has 3 aromatic rings. The van der Waals surface area contributed by atoms with E-state index in [4.69, 9.17) is 0 Å². The first-order chi connectivity index (χ1) is 13.4. The van der Waals surface area contributed by atoms with Gasteiger partial charge in [0.2, 0.25) is 0 Å². The number of rotatable bonds is 5. The molecule has 28 heavy (non-hydrogen) atoms. The van der Waals surface area contributed by atoms with Gasteiger partial charge in [0.1, 0.15) is 9.96 Å². The summed E-state index contributed by atoms with van der Waals surface area (Å²) in [6.07, 6.45) is 1.71. The molecule has 0 radical (unpaired) electrons. The van der Waals surface area contributed by atoms with Crippen molar-refractivity contribution in [3.8, 4) is 5.75 Å². The van der Waals surface area contributed by atoms with Gasteiger partial charge in [0.15, 0.2) is 0 Å². The van der Waals surface area contributed by atoms with Crippen molar-refractivity contribution in [3.63, 3.8) is 0 Å². The Morgan fingerprint density at radius 3 is 2.68 bits per heavy atom. The Kier molecular flexibility index (Phi) is 4.82. The molecule has 0 spiro atoms. The molecule has 1 aliphatic carbocycles. The van der Waals surface area contributed by atoms with E-state index in [2.05, 4.69) is 10.0 Å². The van der Waals surface area contributed by atoms with Gasteiger partial charge in [-0.25, -0.2) is 8.42 Å². The molecule has 4 rings (SSSR count). The van der Waals surface area contributed by atoms with Crippen LogP contribution < -0.4 is 10.0 Å². The number of amides is 1. The minimum atomic E-state index is -3.72. The largest absolute Gasteiger partial charge is 0.507 e. The standard InChI is InChI=1S/C20H18N2O4S2/c23-18-12-14(22-28(25,26)19-6-3-11-27-19)8-9-16(18)20(24)21-17-10-7-13-4-1-2-5-15(13)17/h1-6,8-9,11-12,17,22-23H,7,10H2,(H,21,24). The molecule has 1 atom stereocenters. The van der Waals surface area contributed by atoms with Gasteiger partial charge in [0.05, 0.1) is 17.3 Å². The van der Waals surface area contributed by atoms with Gasteiger partial charge in [0, 0.05) is 6.07 Å². The normalized spacial score (nSPS) is 15.8. The number of nitrogens with one attached hydrogen (secondary N) is 2. The van der Waals surface area contributed by atoms with E-state index in [0.717, 1.165) is 29.7 Å². The molecular formula is C20H18N2O4S2. The summed E-state index contributed by atoms with van der Waals surface area (Å²) in [4.78, 5) is 12.6. The third-order valence-electron chi connectivity index (χ3n) is 4.69. The molecule has 1 aliphatic rings. The molecule has 6 nitrogen and oxygen atoms in total. The lowest BCUT2D eigenvalue weighted by molar-refractivity contribution is 0.0934. The highest BCUT2D eigenvalue weighted by molar-refractivity contribution is 7.94. The number of benzene rings is 2. The van der Waals surface area contributed by atoms with Crippen molar-refractivity contribution < 1.29 is 18.3 Å². The number of fused-ring (bicyclic) bond motifs is 1. The molecule has 2 aromatic carbocycles. The molecule has 0 bridgehead atoms. The number of carbonyl (C=O) groups is 1. The molecule has 8 heteroatoms. The first kappa shape index (κ1) is 18.5. The summed E-state index contributed by atoms with van der Waals surface area (Å²) < 4.78 is 27.1. The fourth-order valence-corrected chi connectivity index (χ4v) is 5.39. The molecule has 1 unspecified atom stereocenters. The van der Waals surface area contributed by atoms with Crippen LogP contribution in [0.25, 0.3) is 0 Å². The van der Waals surface area contributed by atoms with Crippen LogP contribution in [-0.2, 0) is 16.4 Å². The van der Waals surface area contributed by atoms with E-state index < -0.39 is 15.9 Å². The summed E-state index contributed by atoms with van der Waals surface area (Å²) in [5.74, 6) is -0.679. The zero-order valence-electron chi connectivity index (χ0n) is 14.8. The quantitative estimate of drug-likeness (QED) is 0.594. The highest BCUT2D eigenvalue weighted by atomic mass is 32.2. The minimum Gasteiger partial charge on any atom is -0.507 e. The lowest BCUT2D eigenvalue weighted by Gasteiger charge is -2.15. The van der Waals surface area contributed by atoms with E-state index in [-0.39, 0.29) is 27.3 Å². The summed E-state index contributed by atoms with van der Waals surface area (Å²) in [5, 5.41) is 14.9. The first-order valence-corrected chi connectivity index (χ1v) is 11.1. The molecule has 0 saturated heterocycles. The average molecular weight is 415 g/mol. The second kappa shape index (κ2) is 7.29. The molecule has 1 aromatic heterocycles. The lowest BCUT2D eigenvalue weighted by atomic mass is 10.1. The van der Waals surface area contributed by atoms with Crippen LogP contribution in [0.15, 0.2) is 64.2 Å². The Hall–Kier alpha value is -2.84. The molecule has 3 N–H and O–H groups in total. The number of hydrogen-bond donors (Lipinski definition) is 3. The second-order valence-corrected chi connectivity index (χ2v) is 9.39. The summed E-state index contributed by atoms with van der Waals surface area (Å²) in [6, 6.07) is 15.1. The van der Waals surface area contributed by atoms with Gasteiger partial charge in [-0.3, -0.25) is 9.52 Å². The Bertz CT molecular complexity index is 1120. The first-order valence-electron chi connectivity index (χ1n) is 8.72. The van der Waals surface area contributed by atoms with Crippen molar-refractivity contribution in [2.75, 3.05) is 4.72 Å². The molecule has 144 valence electrons. The number of phenolic OH excluding ortho intramolecular Hbond substituents is 1. The highest BCUT2D eigenvalue weighted by Gasteiger charge is 2.25. The number of thiophene rings is 1. The van der Waals surface area contributed by atoms with Crippen LogP contribution in [0.2, 0.25) is 0 Å². The molecular weight excluding hydrogens is 396 g/mol. The third-order valence-corrected chi connectivity index (χ3v) is 7.47. The van der Waals surface area contributed by atoms with Crippen molar-refractivity contribution >= 4 is 33.0 Å². The number of anilines is 1. The van der Waals surface area contributed by atoms with Crippen LogP contribution in [0.3, 0.4) is 0 Å². The van der Waals surface area contributed by atoms with Crippen molar-refractivity contribution in [1.82, 2.24) is 5.32 Å². The van der Waals surface area contributed by atoms with Gasteiger partial charge in [-0.1, -0.05) is 30.3 Å². The number of phenols is 1. The second-order valence-electron chi connectivity index (χ2n) is 6.53. The monoisotopic (exact) mass is 414 g/mol. The predicted molar refractivity (Wildman–Crippen MR) is 108 cm³/mol. The Morgan fingerprint density at radius 2 is 1.93 bits per heavy atom. The summed E-state index contributed by atoms with van der Waals surface area (Å²) >= 11 is 1.10. The highest BCUT2D eigenvalue weighted by Crippen LogP contribution is 2.32. The maximum atomic E-state index is 12.6. The van der Waals surface area contributed by atoms with Crippen molar-refractivity contribution in [1.29, 1.82) is 0 Å². The molecule has 1 amide bonds. The molecule has 1 heterocycles. The van der Waals surface area contributed by atoms with Gasteiger partial charge >= 0.3 is 0 Å². The van der Waals surface area contributed by atoms with Gasteiger partial charge in [-0.05, 0) is 47.5 Å². The number of hydrogen-bond acceptors (Lipinski definition) is 5. The lowest BCUT2D eigenvalue weighted by Crippen LogP contribution is -2.27. The number of aromatic hydroxyl groups is 1. The van der Waals surface area contributed by atoms with Crippen LogP contribution in [0, 0.1) is 0 Å². The topological polar surface area (TPSA) is 95.5 Å². The Morgan fingerprint density at radius 1 is 1.11 bits per heavy atom. The van der Waals surface area contributed by atoms with E-state index in [1.54, 1.807) is 11.4 Å². The van der Waals surface area contributed by atoms with E-state index in [1.807, 2.05) is 24.3 Å². The number of sulfonamides is 1. The molecule has 0 fully saturated rings. The Labute approximate surface area is 166 Å². The van der Waals surface area contributed by atoms with E-state index in [1.165, 1.54) is 29.8 Å². The predicted octanol–water partition coefficient (Wildman–Crippen LogP) is 3.67. The SMILES string of the molecule is O=C(NC1CCc2ccccc21)c1ccc(NS(=O)(=O)c2cccs2)cc1O. The average Bonchev–Trinajstić information content (AvgIpc) is 3.32. The van der Waals surface area contributed by atoms with Crippen LogP contribution in [0.5, 0.6) is 5.75 Å². The number of carbonyl (C=O) groups excluding carboxylic acids is 1. The van der Waals surface area contributed by atoms with E-state index >= 15 is 0 Å². The smallest absolute Gasteiger partial charge is 0.271 e. The maximum Gasteiger partial charge on any atom is 0.271 e. The van der Waals surface area contributed by atoms with Crippen LogP contribution in [-0.4, -0.2) is 19.4 Å². The summed E-state index contributed by atoms with van der Waals surface area (Å²) in [6.45, 7) is 0. The zero-order chi connectivity index (χ0) is 19.7. The van der Waals surface area contributed by atoms with Gasteiger partial charge in [0.25, 0.3) is 15.9 Å². The van der Waals surface area contributed by atoms with Gasteiger partial charge in [-0.2, -0.15) is 0 Å². The molecule has 0 saturated carbocycles.